The van der Waals surface area contributed by atoms with Crippen molar-refractivity contribution >= 4 is 17.3 Å². The lowest BCUT2D eigenvalue weighted by Gasteiger charge is -2.19. The first kappa shape index (κ1) is 17.1. The summed E-state index contributed by atoms with van der Waals surface area (Å²) in [4.78, 5) is 12.2. The van der Waals surface area contributed by atoms with E-state index in [2.05, 4.69) is 30.5 Å². The molecule has 0 aliphatic carbocycles. The maximum absolute atomic E-state index is 12.2. The van der Waals surface area contributed by atoms with E-state index in [0.29, 0.717) is 37.8 Å². The number of benzene rings is 2. The Kier molecular flexibility index (Phi) is 5.43. The van der Waals surface area contributed by atoms with Gasteiger partial charge in [-0.3, -0.25) is 4.79 Å². The largest absolute Gasteiger partial charge is 0.486 e. The zero-order valence-electron chi connectivity index (χ0n) is 14.7. The van der Waals surface area contributed by atoms with Crippen molar-refractivity contribution in [2.75, 3.05) is 30.4 Å². The third kappa shape index (κ3) is 4.44. The molecule has 5 heteroatoms. The molecule has 2 aromatic rings. The lowest BCUT2D eigenvalue weighted by Crippen LogP contribution is -2.18. The van der Waals surface area contributed by atoms with Crippen LogP contribution >= 0.6 is 0 Å². The van der Waals surface area contributed by atoms with Gasteiger partial charge < -0.3 is 20.1 Å². The van der Waals surface area contributed by atoms with Crippen LogP contribution in [0.1, 0.15) is 31.7 Å². The van der Waals surface area contributed by atoms with Gasteiger partial charge in [0.1, 0.15) is 13.2 Å². The Morgan fingerprint density at radius 2 is 1.84 bits per heavy atom. The third-order valence-electron chi connectivity index (χ3n) is 4.08. The van der Waals surface area contributed by atoms with E-state index in [4.69, 9.17) is 9.47 Å². The van der Waals surface area contributed by atoms with Gasteiger partial charge in [-0.15, -0.1) is 0 Å². The second-order valence-corrected chi connectivity index (χ2v) is 6.33. The number of hydrogen-bond donors (Lipinski definition) is 2. The van der Waals surface area contributed by atoms with E-state index in [1.165, 1.54) is 5.56 Å². The fourth-order valence-corrected chi connectivity index (χ4v) is 2.82. The summed E-state index contributed by atoms with van der Waals surface area (Å²) in [6, 6.07) is 13.6. The van der Waals surface area contributed by atoms with Crippen LogP contribution in [-0.4, -0.2) is 25.7 Å². The summed E-state index contributed by atoms with van der Waals surface area (Å²) in [5, 5.41) is 6.26. The molecule has 0 atom stereocenters. The van der Waals surface area contributed by atoms with Gasteiger partial charge >= 0.3 is 0 Å². The van der Waals surface area contributed by atoms with Crippen molar-refractivity contribution in [1.82, 2.24) is 0 Å². The predicted octanol–water partition coefficient (Wildman–Crippen LogP) is 4.02. The van der Waals surface area contributed by atoms with Crippen LogP contribution in [0, 0.1) is 0 Å². The minimum absolute atomic E-state index is 0.0359. The number of ether oxygens (including phenoxy) is 2. The van der Waals surface area contributed by atoms with Crippen molar-refractivity contribution in [2.45, 2.75) is 26.2 Å². The molecule has 2 aromatic carbocycles. The van der Waals surface area contributed by atoms with Crippen LogP contribution < -0.4 is 20.1 Å². The lowest BCUT2D eigenvalue weighted by molar-refractivity contribution is -0.115. The summed E-state index contributed by atoms with van der Waals surface area (Å²) in [6.07, 6.45) is 0.390. The zero-order chi connectivity index (χ0) is 17.6. The maximum Gasteiger partial charge on any atom is 0.226 e. The number of anilines is 2. The molecule has 132 valence electrons. The van der Waals surface area contributed by atoms with E-state index in [-0.39, 0.29) is 5.91 Å². The van der Waals surface area contributed by atoms with E-state index < -0.39 is 0 Å². The molecule has 0 fully saturated rings. The van der Waals surface area contributed by atoms with Gasteiger partial charge in [0.25, 0.3) is 0 Å². The quantitative estimate of drug-likeness (QED) is 0.834. The van der Waals surface area contributed by atoms with Crippen LogP contribution in [0.25, 0.3) is 0 Å². The average molecular weight is 340 g/mol. The van der Waals surface area contributed by atoms with Crippen molar-refractivity contribution in [2.24, 2.45) is 0 Å². The van der Waals surface area contributed by atoms with E-state index in [1.807, 2.05) is 30.3 Å². The second-order valence-electron chi connectivity index (χ2n) is 6.33. The van der Waals surface area contributed by atoms with Gasteiger partial charge in [0.05, 0.1) is 0 Å². The van der Waals surface area contributed by atoms with E-state index in [0.717, 1.165) is 17.1 Å². The van der Waals surface area contributed by atoms with Gasteiger partial charge in [0.2, 0.25) is 5.91 Å². The zero-order valence-corrected chi connectivity index (χ0v) is 14.7. The smallest absolute Gasteiger partial charge is 0.226 e. The van der Waals surface area contributed by atoms with Crippen LogP contribution in [0.5, 0.6) is 11.5 Å². The summed E-state index contributed by atoms with van der Waals surface area (Å²) in [6.45, 7) is 6.00. The Morgan fingerprint density at radius 1 is 1.08 bits per heavy atom. The van der Waals surface area contributed by atoms with Crippen LogP contribution in [0.2, 0.25) is 0 Å². The minimum atomic E-state index is -0.0359. The highest BCUT2D eigenvalue weighted by molar-refractivity contribution is 5.91. The number of nitrogens with one attached hydrogen (secondary N) is 2. The number of fused-ring (bicyclic) bond motifs is 1. The average Bonchev–Trinajstić information content (AvgIpc) is 2.62. The summed E-state index contributed by atoms with van der Waals surface area (Å²) >= 11 is 0. The van der Waals surface area contributed by atoms with E-state index >= 15 is 0 Å². The standard InChI is InChI=1S/C20H24N2O3/c1-14(2)16-5-3-4-6-17(16)21-10-9-20(23)22-15-7-8-18-19(13-15)25-12-11-24-18/h3-8,13-14,21H,9-12H2,1-2H3,(H,22,23). The van der Waals surface area contributed by atoms with Gasteiger partial charge in [-0.2, -0.15) is 0 Å². The monoisotopic (exact) mass is 340 g/mol. The Labute approximate surface area is 148 Å². The molecule has 2 N–H and O–H groups in total. The first-order valence-corrected chi connectivity index (χ1v) is 8.66. The molecular weight excluding hydrogens is 316 g/mol. The summed E-state index contributed by atoms with van der Waals surface area (Å²) in [7, 11) is 0. The lowest BCUT2D eigenvalue weighted by atomic mass is 10.0. The minimum Gasteiger partial charge on any atom is -0.486 e. The second kappa shape index (κ2) is 7.92. The normalized spacial score (nSPS) is 12.8. The fraction of sp³-hybridized carbons (Fsp3) is 0.350. The van der Waals surface area contributed by atoms with E-state index in [1.54, 1.807) is 6.07 Å². The van der Waals surface area contributed by atoms with Gasteiger partial charge in [-0.25, -0.2) is 0 Å². The van der Waals surface area contributed by atoms with Gasteiger partial charge in [0.15, 0.2) is 11.5 Å². The Hall–Kier alpha value is -2.69. The number of carbonyl (C=O) groups excluding carboxylic acids is 1. The van der Waals surface area contributed by atoms with Crippen molar-refractivity contribution in [3.63, 3.8) is 0 Å². The molecule has 0 saturated heterocycles. The summed E-state index contributed by atoms with van der Waals surface area (Å²) in [5.41, 5.74) is 3.07. The van der Waals surface area contributed by atoms with Gasteiger partial charge in [-0.05, 0) is 29.7 Å². The molecule has 0 bridgehead atoms. The molecule has 1 amide bonds. The molecule has 1 heterocycles. The molecule has 0 spiro atoms. The Morgan fingerprint density at radius 3 is 2.64 bits per heavy atom. The molecule has 1 aliphatic heterocycles. The third-order valence-corrected chi connectivity index (χ3v) is 4.08. The SMILES string of the molecule is CC(C)c1ccccc1NCCC(=O)Nc1ccc2c(c1)OCCO2. The van der Waals surface area contributed by atoms with Crippen molar-refractivity contribution in [3.8, 4) is 11.5 Å². The highest BCUT2D eigenvalue weighted by Gasteiger charge is 2.13. The number of rotatable bonds is 6. The van der Waals surface area contributed by atoms with Crippen LogP contribution in [0.15, 0.2) is 42.5 Å². The summed E-state index contributed by atoms with van der Waals surface area (Å²) < 4.78 is 11.0. The molecule has 0 radical (unpaired) electrons. The van der Waals surface area contributed by atoms with Crippen LogP contribution in [0.3, 0.4) is 0 Å². The molecular formula is C20H24N2O3. The predicted molar refractivity (Wildman–Crippen MR) is 99.7 cm³/mol. The van der Waals surface area contributed by atoms with Gasteiger partial charge in [-0.1, -0.05) is 32.0 Å². The van der Waals surface area contributed by atoms with Crippen molar-refractivity contribution < 1.29 is 14.3 Å². The van der Waals surface area contributed by atoms with Gasteiger partial charge in [0, 0.05) is 30.4 Å². The molecule has 3 rings (SSSR count). The molecule has 5 nitrogen and oxygen atoms in total. The van der Waals surface area contributed by atoms with Crippen molar-refractivity contribution in [3.05, 3.63) is 48.0 Å². The molecule has 0 aromatic heterocycles. The fourth-order valence-electron chi connectivity index (χ4n) is 2.82. The maximum atomic E-state index is 12.2. The Bertz CT molecular complexity index is 743. The summed E-state index contributed by atoms with van der Waals surface area (Å²) in [5.74, 6) is 1.80. The van der Waals surface area contributed by atoms with Crippen LogP contribution in [0.4, 0.5) is 11.4 Å². The van der Waals surface area contributed by atoms with E-state index in [9.17, 15) is 4.79 Å². The number of carbonyl (C=O) groups is 1. The highest BCUT2D eigenvalue weighted by Crippen LogP contribution is 2.32. The first-order chi connectivity index (χ1) is 12.1. The molecule has 25 heavy (non-hydrogen) atoms. The molecule has 1 aliphatic rings. The molecule has 0 unspecified atom stereocenters. The highest BCUT2D eigenvalue weighted by atomic mass is 16.6. The topological polar surface area (TPSA) is 59.6 Å². The van der Waals surface area contributed by atoms with Crippen molar-refractivity contribution in [1.29, 1.82) is 0 Å². The Balaban J connectivity index is 1.52. The molecule has 0 saturated carbocycles. The van der Waals surface area contributed by atoms with Crippen LogP contribution in [-0.2, 0) is 4.79 Å². The number of para-hydroxylation sites is 1. The first-order valence-electron chi connectivity index (χ1n) is 8.66. The number of amides is 1. The number of hydrogen-bond acceptors (Lipinski definition) is 4.